The first-order valence-electron chi connectivity index (χ1n) is 9.11. The molecule has 2 rings (SSSR count). The van der Waals surface area contributed by atoms with E-state index in [0.29, 0.717) is 19.0 Å². The number of amides is 2. The molecule has 2 aliphatic rings. The third-order valence-electron chi connectivity index (χ3n) is 5.30. The van der Waals surface area contributed by atoms with Crippen LogP contribution in [-0.2, 0) is 9.59 Å². The van der Waals surface area contributed by atoms with Crippen LogP contribution in [0.25, 0.3) is 0 Å². The Morgan fingerprint density at radius 2 is 2.09 bits per heavy atom. The number of rotatable bonds is 6. The molecule has 0 unspecified atom stereocenters. The van der Waals surface area contributed by atoms with E-state index in [1.165, 1.54) is 12.8 Å². The molecule has 5 heteroatoms. The molecule has 2 heterocycles. The molecule has 5 nitrogen and oxygen atoms in total. The number of hydrogen-bond donors (Lipinski definition) is 1. The van der Waals surface area contributed by atoms with Crippen molar-refractivity contribution in [1.82, 2.24) is 15.1 Å². The summed E-state index contributed by atoms with van der Waals surface area (Å²) >= 11 is 0. The van der Waals surface area contributed by atoms with Gasteiger partial charge in [0.2, 0.25) is 11.8 Å². The highest BCUT2D eigenvalue weighted by Gasteiger charge is 2.36. The lowest BCUT2D eigenvalue weighted by atomic mass is 9.80. The minimum absolute atomic E-state index is 0.0279. The van der Waals surface area contributed by atoms with Crippen LogP contribution in [0.5, 0.6) is 0 Å². The Morgan fingerprint density at radius 3 is 2.70 bits per heavy atom. The topological polar surface area (TPSA) is 52.7 Å². The number of likely N-dealkylation sites (tertiary alicyclic amines) is 2. The Hall–Kier alpha value is -1.10. The van der Waals surface area contributed by atoms with Crippen LogP contribution in [0.3, 0.4) is 0 Å². The molecule has 0 spiro atoms. The second kappa shape index (κ2) is 7.65. The third-order valence-corrected chi connectivity index (χ3v) is 5.30. The highest BCUT2D eigenvalue weighted by molar-refractivity contribution is 5.85. The summed E-state index contributed by atoms with van der Waals surface area (Å²) in [6, 6.07) is 0.603. The van der Waals surface area contributed by atoms with Crippen LogP contribution in [0.1, 0.15) is 59.8 Å². The zero-order valence-electron chi connectivity index (χ0n) is 15.2. The zero-order valence-corrected chi connectivity index (χ0v) is 15.2. The highest BCUT2D eigenvalue weighted by atomic mass is 16.2. The fourth-order valence-corrected chi connectivity index (χ4v) is 4.46. The van der Waals surface area contributed by atoms with Gasteiger partial charge in [0.05, 0.1) is 6.54 Å². The van der Waals surface area contributed by atoms with E-state index in [0.717, 1.165) is 31.8 Å². The van der Waals surface area contributed by atoms with E-state index in [9.17, 15) is 9.59 Å². The lowest BCUT2D eigenvalue weighted by Crippen LogP contribution is -2.54. The zero-order chi connectivity index (χ0) is 17.0. The fourth-order valence-electron chi connectivity index (χ4n) is 4.46. The second-order valence-electron chi connectivity index (χ2n) is 8.02. The van der Waals surface area contributed by atoms with Crippen LogP contribution < -0.4 is 5.32 Å². The van der Waals surface area contributed by atoms with Crippen LogP contribution in [0, 0.1) is 5.92 Å². The summed E-state index contributed by atoms with van der Waals surface area (Å²) in [4.78, 5) is 27.7. The Kier molecular flexibility index (Phi) is 6.06. The standard InChI is InChI=1S/C18H33N3O2/c1-14-11-15(2)21(18(3,4)12-14)10-6-8-19-16(22)13-20-9-5-7-17(20)23/h14-15H,5-13H2,1-4H3,(H,19,22)/t14-,15-/m1/s1. The Balaban J connectivity index is 1.68. The molecule has 0 bridgehead atoms. The number of carbonyl (C=O) groups excluding carboxylic acids is 2. The predicted molar refractivity (Wildman–Crippen MR) is 92.1 cm³/mol. The van der Waals surface area contributed by atoms with E-state index in [1.54, 1.807) is 4.90 Å². The van der Waals surface area contributed by atoms with Crippen LogP contribution in [0.15, 0.2) is 0 Å². The largest absolute Gasteiger partial charge is 0.355 e. The quantitative estimate of drug-likeness (QED) is 0.761. The molecule has 23 heavy (non-hydrogen) atoms. The summed E-state index contributed by atoms with van der Waals surface area (Å²) in [7, 11) is 0. The van der Waals surface area contributed by atoms with Crippen molar-refractivity contribution in [2.24, 2.45) is 5.92 Å². The van der Waals surface area contributed by atoms with Crippen molar-refractivity contribution in [3.8, 4) is 0 Å². The van der Waals surface area contributed by atoms with E-state index < -0.39 is 0 Å². The van der Waals surface area contributed by atoms with E-state index in [1.807, 2.05) is 0 Å². The van der Waals surface area contributed by atoms with Crippen molar-refractivity contribution in [3.63, 3.8) is 0 Å². The van der Waals surface area contributed by atoms with E-state index in [-0.39, 0.29) is 23.9 Å². The number of piperidine rings is 1. The first kappa shape index (κ1) is 18.2. The fraction of sp³-hybridized carbons (Fsp3) is 0.889. The molecular weight excluding hydrogens is 290 g/mol. The normalized spacial score (nSPS) is 28.2. The van der Waals surface area contributed by atoms with Crippen molar-refractivity contribution in [2.75, 3.05) is 26.2 Å². The molecule has 132 valence electrons. The van der Waals surface area contributed by atoms with Gasteiger partial charge in [-0.3, -0.25) is 14.5 Å². The number of nitrogens with zero attached hydrogens (tertiary/aromatic N) is 2. The maximum Gasteiger partial charge on any atom is 0.239 e. The first-order valence-corrected chi connectivity index (χ1v) is 9.11. The van der Waals surface area contributed by atoms with E-state index >= 15 is 0 Å². The molecule has 0 aliphatic carbocycles. The lowest BCUT2D eigenvalue weighted by molar-refractivity contribution is -0.133. The Bertz CT molecular complexity index is 436. The SMILES string of the molecule is C[C@@H]1C[C@@H](C)N(CCCNC(=O)CN2CCCC2=O)C(C)(C)C1. The molecule has 2 atom stereocenters. The molecular formula is C18H33N3O2. The molecule has 2 fully saturated rings. The van der Waals surface area contributed by atoms with Gasteiger partial charge < -0.3 is 10.2 Å². The van der Waals surface area contributed by atoms with Gasteiger partial charge in [0.1, 0.15) is 0 Å². The summed E-state index contributed by atoms with van der Waals surface area (Å²) in [5.74, 6) is 0.868. The smallest absolute Gasteiger partial charge is 0.239 e. The average Bonchev–Trinajstić information content (AvgIpc) is 2.81. The van der Waals surface area contributed by atoms with Gasteiger partial charge in [0, 0.05) is 37.6 Å². The number of hydrogen-bond acceptors (Lipinski definition) is 3. The molecule has 2 amide bonds. The van der Waals surface area contributed by atoms with Crippen LogP contribution in [0.4, 0.5) is 0 Å². The van der Waals surface area contributed by atoms with Gasteiger partial charge in [-0.2, -0.15) is 0 Å². The van der Waals surface area contributed by atoms with Crippen molar-refractivity contribution < 1.29 is 9.59 Å². The van der Waals surface area contributed by atoms with E-state index in [2.05, 4.69) is 37.9 Å². The molecule has 0 aromatic carbocycles. The maximum absolute atomic E-state index is 11.9. The van der Waals surface area contributed by atoms with Crippen LogP contribution in [0.2, 0.25) is 0 Å². The molecule has 2 saturated heterocycles. The minimum atomic E-state index is -0.0279. The molecule has 2 aliphatic heterocycles. The maximum atomic E-state index is 11.9. The van der Waals surface area contributed by atoms with Crippen LogP contribution in [-0.4, -0.2) is 59.4 Å². The summed E-state index contributed by atoms with van der Waals surface area (Å²) in [5.41, 5.74) is 0.239. The van der Waals surface area contributed by atoms with Crippen molar-refractivity contribution in [2.45, 2.75) is 71.4 Å². The minimum Gasteiger partial charge on any atom is -0.355 e. The Labute approximate surface area is 140 Å². The molecule has 0 radical (unpaired) electrons. The van der Waals surface area contributed by atoms with Gasteiger partial charge in [-0.1, -0.05) is 6.92 Å². The number of carbonyl (C=O) groups is 2. The van der Waals surface area contributed by atoms with Crippen molar-refractivity contribution in [1.29, 1.82) is 0 Å². The molecule has 0 saturated carbocycles. The summed E-state index contributed by atoms with van der Waals surface area (Å²) in [6.07, 6.45) is 4.93. The average molecular weight is 323 g/mol. The second-order valence-corrected chi connectivity index (χ2v) is 8.02. The molecule has 1 N–H and O–H groups in total. The molecule has 0 aromatic rings. The van der Waals surface area contributed by atoms with Gasteiger partial charge in [-0.15, -0.1) is 0 Å². The van der Waals surface area contributed by atoms with Crippen molar-refractivity contribution >= 4 is 11.8 Å². The Morgan fingerprint density at radius 1 is 1.35 bits per heavy atom. The summed E-state index contributed by atoms with van der Waals surface area (Å²) in [5, 5.41) is 2.96. The third kappa shape index (κ3) is 4.93. The number of nitrogens with one attached hydrogen (secondary N) is 1. The van der Waals surface area contributed by atoms with Crippen molar-refractivity contribution in [3.05, 3.63) is 0 Å². The lowest BCUT2D eigenvalue weighted by Gasteiger charge is -2.49. The summed E-state index contributed by atoms with van der Waals surface area (Å²) < 4.78 is 0. The predicted octanol–water partition coefficient (Wildman–Crippen LogP) is 2.01. The van der Waals surface area contributed by atoms with E-state index in [4.69, 9.17) is 0 Å². The van der Waals surface area contributed by atoms with Crippen LogP contribution >= 0.6 is 0 Å². The van der Waals surface area contributed by atoms with Gasteiger partial charge in [0.15, 0.2) is 0 Å². The van der Waals surface area contributed by atoms with Gasteiger partial charge in [-0.05, 0) is 52.4 Å². The summed E-state index contributed by atoms with van der Waals surface area (Å²) in [6.45, 7) is 12.0. The van der Waals surface area contributed by atoms with Gasteiger partial charge >= 0.3 is 0 Å². The first-order chi connectivity index (χ1) is 10.8. The highest BCUT2D eigenvalue weighted by Crippen LogP contribution is 2.34. The van der Waals surface area contributed by atoms with Gasteiger partial charge in [-0.25, -0.2) is 0 Å². The monoisotopic (exact) mass is 323 g/mol. The van der Waals surface area contributed by atoms with Gasteiger partial charge in [0.25, 0.3) is 0 Å². The molecule has 0 aromatic heterocycles.